The number of rotatable bonds is 4. The van der Waals surface area contributed by atoms with Gasteiger partial charge in [-0.25, -0.2) is 0 Å². The van der Waals surface area contributed by atoms with Gasteiger partial charge >= 0.3 is 0 Å². The molecule has 2 atom stereocenters. The van der Waals surface area contributed by atoms with Crippen LogP contribution in [-0.2, 0) is 5.41 Å². The fourth-order valence-corrected chi connectivity index (χ4v) is 7.53. The highest BCUT2D eigenvalue weighted by Gasteiger charge is 2.51. The number of hydrogen-bond donors (Lipinski definition) is 0. The van der Waals surface area contributed by atoms with Crippen molar-refractivity contribution in [1.82, 2.24) is 0 Å². The van der Waals surface area contributed by atoms with E-state index in [1.165, 1.54) is 49.7 Å². The molecule has 2 aromatic heterocycles. The Morgan fingerprint density at radius 3 is 1.88 bits per heavy atom. The third-order valence-corrected chi connectivity index (χ3v) is 9.36. The maximum Gasteiger partial charge on any atom is 0.126 e. The van der Waals surface area contributed by atoms with Crippen molar-refractivity contribution in [3.63, 3.8) is 0 Å². The molecule has 2 saturated heterocycles. The third kappa shape index (κ3) is 2.85. The topological polar surface area (TPSA) is 23.8 Å². The van der Waals surface area contributed by atoms with Gasteiger partial charge in [-0.1, -0.05) is 0 Å². The van der Waals surface area contributed by atoms with E-state index in [2.05, 4.69) is 58.3 Å². The molecule has 0 aliphatic carbocycles. The Morgan fingerprint density at radius 2 is 1.50 bits per heavy atom. The molecule has 2 unspecified atom stereocenters. The summed E-state index contributed by atoms with van der Waals surface area (Å²) in [6, 6.07) is 13.1. The molecule has 2 bridgehead atoms. The largest absolute Gasteiger partial charge is 0.324 e. The van der Waals surface area contributed by atoms with Gasteiger partial charge < -0.3 is 4.48 Å². The monoisotopic (exact) mass is 385 g/mol. The van der Waals surface area contributed by atoms with Gasteiger partial charge in [0.15, 0.2) is 0 Å². The van der Waals surface area contributed by atoms with E-state index in [0.717, 1.165) is 18.5 Å². The van der Waals surface area contributed by atoms with Crippen molar-refractivity contribution >= 4 is 22.7 Å². The normalized spacial score (nSPS) is 27.4. The summed E-state index contributed by atoms with van der Waals surface area (Å²) in [6.07, 6.45) is 6.27. The summed E-state index contributed by atoms with van der Waals surface area (Å²) in [6.45, 7) is 4.30. The number of thiophene rings is 2. The molecule has 2 aromatic rings. The number of aryl methyl sites for hydroxylation is 2. The Morgan fingerprint density at radius 1 is 1.00 bits per heavy atom. The number of nitriles is 1. The Labute approximate surface area is 165 Å². The Kier molecular flexibility index (Phi) is 4.54. The van der Waals surface area contributed by atoms with Gasteiger partial charge in [0, 0.05) is 45.2 Å². The van der Waals surface area contributed by atoms with E-state index in [4.69, 9.17) is 0 Å². The van der Waals surface area contributed by atoms with Gasteiger partial charge in [-0.15, -0.1) is 22.7 Å². The minimum atomic E-state index is -0.462. The van der Waals surface area contributed by atoms with Crippen LogP contribution in [0, 0.1) is 31.1 Å². The number of nitrogens with zero attached hydrogens (tertiary/aromatic N) is 2. The summed E-state index contributed by atoms with van der Waals surface area (Å²) < 4.78 is 1.20. The summed E-state index contributed by atoms with van der Waals surface area (Å²) in [5.41, 5.74) is -0.462. The van der Waals surface area contributed by atoms with Crippen LogP contribution in [0.25, 0.3) is 0 Å². The van der Waals surface area contributed by atoms with Gasteiger partial charge in [-0.3, -0.25) is 0 Å². The van der Waals surface area contributed by atoms with E-state index in [9.17, 15) is 5.26 Å². The van der Waals surface area contributed by atoms with Crippen molar-refractivity contribution in [2.24, 2.45) is 5.92 Å². The average molecular weight is 386 g/mol. The Hall–Kier alpha value is -1.15. The molecule has 2 nitrogen and oxygen atoms in total. The predicted octanol–water partition coefficient (Wildman–Crippen LogP) is 5.64. The van der Waals surface area contributed by atoms with E-state index < -0.39 is 5.41 Å². The van der Waals surface area contributed by atoms with E-state index in [0.29, 0.717) is 5.92 Å². The lowest BCUT2D eigenvalue weighted by Crippen LogP contribution is -2.55. The molecule has 2 fully saturated rings. The van der Waals surface area contributed by atoms with Gasteiger partial charge in [-0.2, -0.15) is 5.26 Å². The zero-order valence-electron chi connectivity index (χ0n) is 16.3. The maximum atomic E-state index is 10.4. The van der Waals surface area contributed by atoms with E-state index in [1.54, 1.807) is 0 Å². The van der Waals surface area contributed by atoms with Crippen LogP contribution >= 0.6 is 22.7 Å². The minimum absolute atomic E-state index is 0.462. The van der Waals surface area contributed by atoms with E-state index in [-0.39, 0.29) is 0 Å². The second kappa shape index (κ2) is 6.48. The van der Waals surface area contributed by atoms with Gasteiger partial charge in [0.2, 0.25) is 0 Å². The molecular formula is C22H29N2S2+. The van der Waals surface area contributed by atoms with E-state index in [1.807, 2.05) is 22.7 Å². The summed E-state index contributed by atoms with van der Waals surface area (Å²) in [4.78, 5) is 5.08. The molecule has 0 N–H and O–H groups in total. The van der Waals surface area contributed by atoms with Gasteiger partial charge in [0.1, 0.15) is 5.41 Å². The van der Waals surface area contributed by atoms with Gasteiger partial charge in [0.25, 0.3) is 0 Å². The molecule has 2 aliphatic heterocycles. The Balaban J connectivity index is 1.70. The van der Waals surface area contributed by atoms with Crippen LogP contribution in [0.2, 0.25) is 0 Å². The summed E-state index contributed by atoms with van der Waals surface area (Å²) in [5.74, 6) is 0.656. The van der Waals surface area contributed by atoms with Crippen LogP contribution in [0.4, 0.5) is 0 Å². The van der Waals surface area contributed by atoms with Crippen molar-refractivity contribution in [3.05, 3.63) is 43.8 Å². The number of piperidine rings is 1. The molecule has 4 heteroatoms. The standard InChI is InChI=1S/C22H29N2S2/c1-15-5-9-20(25-15)22(14-23,21-10-6-16(2)26-21)13-17-11-18-7-8-19(12-17)24(18,3)4/h5-6,9-10,17-19H,7-8,11-13H2,1-4H3/q+1. The van der Waals surface area contributed by atoms with Crippen molar-refractivity contribution < 1.29 is 4.48 Å². The second-order valence-electron chi connectivity index (χ2n) is 8.89. The fraction of sp³-hybridized carbons (Fsp3) is 0.591. The first kappa shape index (κ1) is 18.2. The minimum Gasteiger partial charge on any atom is -0.324 e. The zero-order chi connectivity index (χ0) is 18.5. The van der Waals surface area contributed by atoms with Crippen LogP contribution in [0.3, 0.4) is 0 Å². The number of quaternary nitrogens is 1. The average Bonchev–Trinajstić information content (AvgIpc) is 3.23. The number of hydrogen-bond acceptors (Lipinski definition) is 3. The summed E-state index contributed by atoms with van der Waals surface area (Å²) in [5, 5.41) is 10.4. The lowest BCUT2D eigenvalue weighted by atomic mass is 9.73. The first-order valence-corrected chi connectivity index (χ1v) is 11.4. The lowest BCUT2D eigenvalue weighted by Gasteiger charge is -2.45. The van der Waals surface area contributed by atoms with Crippen LogP contribution in [0.5, 0.6) is 0 Å². The lowest BCUT2D eigenvalue weighted by molar-refractivity contribution is -0.931. The van der Waals surface area contributed by atoms with Crippen molar-refractivity contribution in [3.8, 4) is 6.07 Å². The maximum absolute atomic E-state index is 10.4. The molecule has 4 rings (SSSR count). The van der Waals surface area contributed by atoms with Gasteiger partial charge in [0.05, 0.1) is 32.2 Å². The summed E-state index contributed by atoms with van der Waals surface area (Å²) in [7, 11) is 4.84. The molecule has 26 heavy (non-hydrogen) atoms. The predicted molar refractivity (Wildman–Crippen MR) is 111 cm³/mol. The highest BCUT2D eigenvalue weighted by Crippen LogP contribution is 2.49. The van der Waals surface area contributed by atoms with E-state index >= 15 is 0 Å². The van der Waals surface area contributed by atoms with Crippen LogP contribution in [-0.4, -0.2) is 30.7 Å². The SMILES string of the molecule is Cc1ccc(C(C#N)(CC2CC3CCC(C2)[N+]3(C)C)c2ccc(C)s2)s1. The molecule has 2 aliphatic rings. The smallest absolute Gasteiger partial charge is 0.126 e. The fourth-order valence-electron chi connectivity index (χ4n) is 5.40. The second-order valence-corrected chi connectivity index (χ2v) is 11.5. The first-order chi connectivity index (χ1) is 12.3. The van der Waals surface area contributed by atoms with Crippen LogP contribution < -0.4 is 0 Å². The third-order valence-electron chi connectivity index (χ3n) is 7.03. The first-order valence-electron chi connectivity index (χ1n) is 9.73. The molecule has 0 spiro atoms. The van der Waals surface area contributed by atoms with Crippen LogP contribution in [0.1, 0.15) is 51.6 Å². The molecular weight excluding hydrogens is 356 g/mol. The quantitative estimate of drug-likeness (QED) is 0.625. The van der Waals surface area contributed by atoms with Crippen molar-refractivity contribution in [2.45, 2.75) is 63.5 Å². The zero-order valence-corrected chi connectivity index (χ0v) is 17.9. The summed E-state index contributed by atoms with van der Waals surface area (Å²) >= 11 is 3.62. The molecule has 0 amide bonds. The van der Waals surface area contributed by atoms with Crippen molar-refractivity contribution in [1.29, 1.82) is 5.26 Å². The molecule has 0 saturated carbocycles. The van der Waals surface area contributed by atoms with Crippen LogP contribution in [0.15, 0.2) is 24.3 Å². The molecule has 138 valence electrons. The number of fused-ring (bicyclic) bond motifs is 2. The molecule has 0 radical (unpaired) electrons. The van der Waals surface area contributed by atoms with Crippen molar-refractivity contribution in [2.75, 3.05) is 14.1 Å². The molecule has 4 heterocycles. The Bertz CT molecular complexity index is 782. The highest BCUT2D eigenvalue weighted by atomic mass is 32.1. The molecule has 0 aromatic carbocycles. The van der Waals surface area contributed by atoms with Gasteiger partial charge in [-0.05, 0) is 50.5 Å². The highest BCUT2D eigenvalue weighted by molar-refractivity contribution is 7.13.